The number of aliphatic imine (C=N–C) groups is 1. The third-order valence-corrected chi connectivity index (χ3v) is 7.93. The van der Waals surface area contributed by atoms with E-state index in [1.807, 2.05) is 24.3 Å². The number of amidine groups is 1. The minimum absolute atomic E-state index is 0.271. The van der Waals surface area contributed by atoms with Crippen molar-refractivity contribution in [1.29, 1.82) is 0 Å². The Balaban J connectivity index is 1.20. The molecular formula is C30H28F3N7OS2. The fourth-order valence-corrected chi connectivity index (χ4v) is 5.77. The van der Waals surface area contributed by atoms with Crippen LogP contribution in [0.25, 0.3) is 17.1 Å². The Labute approximate surface area is 256 Å². The lowest BCUT2D eigenvalue weighted by Gasteiger charge is -2.26. The summed E-state index contributed by atoms with van der Waals surface area (Å²) < 4.78 is 42.6. The monoisotopic (exact) mass is 623 g/mol. The Hall–Kier alpha value is -4.23. The Morgan fingerprint density at radius 1 is 1.14 bits per heavy atom. The van der Waals surface area contributed by atoms with Crippen molar-refractivity contribution in [2.24, 2.45) is 10.1 Å². The number of thiocarbonyl (C=S) groups is 1. The van der Waals surface area contributed by atoms with Gasteiger partial charge >= 0.3 is 6.36 Å². The number of hydrazone groups is 1. The number of aromatic nitrogens is 3. The molecule has 4 aromatic rings. The minimum atomic E-state index is -4.74. The normalized spacial score (nSPS) is 16.3. The molecule has 0 amide bonds. The highest BCUT2D eigenvalue weighted by molar-refractivity contribution is 8.14. The van der Waals surface area contributed by atoms with Crippen LogP contribution in [0.5, 0.6) is 5.75 Å². The quantitative estimate of drug-likeness (QED) is 0.136. The van der Waals surface area contributed by atoms with Crippen molar-refractivity contribution in [3.05, 3.63) is 89.7 Å². The van der Waals surface area contributed by atoms with E-state index in [0.29, 0.717) is 17.6 Å². The zero-order valence-electron chi connectivity index (χ0n) is 23.5. The van der Waals surface area contributed by atoms with Gasteiger partial charge in [0, 0.05) is 23.0 Å². The molecule has 1 atom stereocenters. The van der Waals surface area contributed by atoms with Crippen LogP contribution in [0.15, 0.2) is 83.2 Å². The summed E-state index contributed by atoms with van der Waals surface area (Å²) in [5.41, 5.74) is 8.60. The second kappa shape index (κ2) is 13.0. The Bertz CT molecular complexity index is 1650. The number of nitrogens with zero attached hydrogens (tertiary/aromatic N) is 6. The summed E-state index contributed by atoms with van der Waals surface area (Å²) in [4.78, 5) is 11.2. The average Bonchev–Trinajstić information content (AvgIpc) is 3.60. The molecule has 5 rings (SSSR count). The van der Waals surface area contributed by atoms with Gasteiger partial charge in [-0.05, 0) is 79.5 Å². The summed E-state index contributed by atoms with van der Waals surface area (Å²) in [7, 11) is 0. The van der Waals surface area contributed by atoms with Crippen molar-refractivity contribution in [2.45, 2.75) is 39.6 Å². The van der Waals surface area contributed by atoms with Gasteiger partial charge in [-0.2, -0.15) is 10.1 Å². The SMILES string of the molecule is CCc1ccc(C)cc1N1C(=NC(=S)N/N=C/c2ccc(-c3ncn(-c4ccc(OC(F)(F)F)cc4)n3)cc2)SCC1C. The molecule has 0 bridgehead atoms. The predicted octanol–water partition coefficient (Wildman–Crippen LogP) is 6.91. The van der Waals surface area contributed by atoms with E-state index in [1.165, 1.54) is 46.4 Å². The Kier molecular flexibility index (Phi) is 9.11. The second-order valence-corrected chi connectivity index (χ2v) is 11.1. The van der Waals surface area contributed by atoms with Crippen LogP contribution >= 0.6 is 24.0 Å². The summed E-state index contributed by atoms with van der Waals surface area (Å²) in [6, 6.07) is 19.6. The van der Waals surface area contributed by atoms with Crippen molar-refractivity contribution in [3.63, 3.8) is 0 Å². The molecule has 0 radical (unpaired) electrons. The summed E-state index contributed by atoms with van der Waals surface area (Å²) in [6.45, 7) is 6.43. The lowest BCUT2D eigenvalue weighted by Crippen LogP contribution is -2.33. The van der Waals surface area contributed by atoms with Crippen LogP contribution in [0.1, 0.15) is 30.5 Å². The predicted molar refractivity (Wildman–Crippen MR) is 169 cm³/mol. The average molecular weight is 624 g/mol. The number of aryl methyl sites for hydroxylation is 2. The molecule has 1 saturated heterocycles. The summed E-state index contributed by atoms with van der Waals surface area (Å²) in [6.07, 6.45) is -0.683. The lowest BCUT2D eigenvalue weighted by molar-refractivity contribution is -0.274. The number of benzene rings is 3. The van der Waals surface area contributed by atoms with Crippen molar-refractivity contribution >= 4 is 46.2 Å². The zero-order valence-corrected chi connectivity index (χ0v) is 25.2. The molecular weight excluding hydrogens is 596 g/mol. The van der Waals surface area contributed by atoms with Gasteiger partial charge in [-0.15, -0.1) is 18.3 Å². The Morgan fingerprint density at radius 3 is 2.58 bits per heavy atom. The van der Waals surface area contributed by atoms with E-state index >= 15 is 0 Å². The van der Waals surface area contributed by atoms with Crippen LogP contribution in [-0.2, 0) is 6.42 Å². The van der Waals surface area contributed by atoms with Crippen LogP contribution in [0.2, 0.25) is 0 Å². The van der Waals surface area contributed by atoms with Gasteiger partial charge in [0.1, 0.15) is 12.1 Å². The molecule has 8 nitrogen and oxygen atoms in total. The number of ether oxygens (including phenoxy) is 1. The van der Waals surface area contributed by atoms with E-state index in [2.05, 4.69) is 74.2 Å². The molecule has 222 valence electrons. The van der Waals surface area contributed by atoms with Crippen LogP contribution < -0.4 is 15.1 Å². The molecule has 1 aliphatic heterocycles. The highest BCUT2D eigenvalue weighted by atomic mass is 32.2. The highest BCUT2D eigenvalue weighted by Gasteiger charge is 2.31. The van der Waals surface area contributed by atoms with Gasteiger partial charge in [-0.3, -0.25) is 5.43 Å². The number of hydrogen-bond donors (Lipinski definition) is 1. The molecule has 0 spiro atoms. The van der Waals surface area contributed by atoms with Gasteiger partial charge in [-0.25, -0.2) is 9.67 Å². The first-order valence-electron chi connectivity index (χ1n) is 13.4. The van der Waals surface area contributed by atoms with Gasteiger partial charge in [0.05, 0.1) is 11.9 Å². The van der Waals surface area contributed by atoms with Crippen molar-refractivity contribution in [2.75, 3.05) is 10.7 Å². The molecule has 3 aromatic carbocycles. The molecule has 43 heavy (non-hydrogen) atoms. The summed E-state index contributed by atoms with van der Waals surface area (Å²) in [5, 5.41) is 9.80. The van der Waals surface area contributed by atoms with Gasteiger partial charge in [0.15, 0.2) is 11.0 Å². The lowest BCUT2D eigenvalue weighted by atomic mass is 10.1. The second-order valence-electron chi connectivity index (χ2n) is 9.76. The maximum Gasteiger partial charge on any atom is 0.573 e. The number of alkyl halides is 3. The van der Waals surface area contributed by atoms with Crippen LogP contribution in [0.4, 0.5) is 18.9 Å². The molecule has 1 N–H and O–H groups in total. The van der Waals surface area contributed by atoms with E-state index in [0.717, 1.165) is 34.2 Å². The maximum absolute atomic E-state index is 12.4. The minimum Gasteiger partial charge on any atom is -0.406 e. The van der Waals surface area contributed by atoms with Crippen molar-refractivity contribution in [1.82, 2.24) is 20.2 Å². The van der Waals surface area contributed by atoms with E-state index in [4.69, 9.17) is 12.2 Å². The van der Waals surface area contributed by atoms with E-state index in [1.54, 1.807) is 18.0 Å². The van der Waals surface area contributed by atoms with Crippen molar-refractivity contribution < 1.29 is 17.9 Å². The largest absolute Gasteiger partial charge is 0.573 e. The molecule has 1 fully saturated rings. The van der Waals surface area contributed by atoms with Gasteiger partial charge < -0.3 is 9.64 Å². The fourth-order valence-electron chi connectivity index (χ4n) is 4.46. The summed E-state index contributed by atoms with van der Waals surface area (Å²) in [5.74, 6) is 1.07. The highest BCUT2D eigenvalue weighted by Crippen LogP contribution is 2.33. The molecule has 1 aliphatic rings. The number of hydrogen-bond acceptors (Lipinski definition) is 6. The molecule has 1 aromatic heterocycles. The first kappa shape index (κ1) is 30.2. The number of thioether (sulfide) groups is 1. The first-order valence-corrected chi connectivity index (χ1v) is 14.8. The van der Waals surface area contributed by atoms with Crippen LogP contribution in [0.3, 0.4) is 0 Å². The van der Waals surface area contributed by atoms with Gasteiger partial charge in [0.2, 0.25) is 5.11 Å². The summed E-state index contributed by atoms with van der Waals surface area (Å²) >= 11 is 7.14. The number of rotatable bonds is 7. The molecule has 1 unspecified atom stereocenters. The van der Waals surface area contributed by atoms with E-state index in [9.17, 15) is 13.2 Å². The third kappa shape index (κ3) is 7.59. The topological polar surface area (TPSA) is 79.9 Å². The number of nitrogens with one attached hydrogen (secondary N) is 1. The first-order chi connectivity index (χ1) is 20.6. The van der Waals surface area contributed by atoms with Gasteiger partial charge in [-0.1, -0.05) is 55.1 Å². The van der Waals surface area contributed by atoms with Crippen LogP contribution in [-0.4, -0.2) is 49.4 Å². The van der Waals surface area contributed by atoms with E-state index < -0.39 is 6.36 Å². The molecule has 13 heteroatoms. The van der Waals surface area contributed by atoms with Crippen molar-refractivity contribution in [3.8, 4) is 22.8 Å². The third-order valence-electron chi connectivity index (χ3n) is 6.55. The zero-order chi connectivity index (χ0) is 30.6. The smallest absolute Gasteiger partial charge is 0.406 e. The molecule has 0 aliphatic carbocycles. The Morgan fingerprint density at radius 2 is 1.88 bits per heavy atom. The maximum atomic E-state index is 12.4. The number of anilines is 1. The van der Waals surface area contributed by atoms with Gasteiger partial charge in [0.25, 0.3) is 0 Å². The van der Waals surface area contributed by atoms with E-state index in [-0.39, 0.29) is 10.9 Å². The van der Waals surface area contributed by atoms with Crippen LogP contribution in [0, 0.1) is 6.92 Å². The standard InChI is InChI=1S/C30H28F3N7OS2/c1-4-22-8-5-19(2)15-26(22)40-20(3)17-43-29(40)36-28(42)37-35-16-21-6-9-23(10-7-21)27-34-18-39(38-27)24-11-13-25(14-12-24)41-30(31,32)33/h5-16,18,20H,4,17H2,1-3H3,(H,37,42)/b35-16+,36-29?. The molecule has 0 saturated carbocycles. The molecule has 2 heterocycles. The fraction of sp³-hybridized carbons (Fsp3) is 0.233. The number of halogens is 3.